The van der Waals surface area contributed by atoms with Gasteiger partial charge in [-0.25, -0.2) is 9.97 Å². The lowest BCUT2D eigenvalue weighted by Gasteiger charge is -2.07. The Morgan fingerprint density at radius 1 is 1.16 bits per heavy atom. The van der Waals surface area contributed by atoms with Crippen molar-refractivity contribution in [2.75, 3.05) is 0 Å². The van der Waals surface area contributed by atoms with Gasteiger partial charge < -0.3 is 0 Å². The molecule has 1 aromatic rings. The molecule has 1 heterocycles. The van der Waals surface area contributed by atoms with Gasteiger partial charge in [0.15, 0.2) is 5.82 Å². The van der Waals surface area contributed by atoms with Crippen LogP contribution < -0.4 is 10.6 Å². The lowest BCUT2D eigenvalue weighted by atomic mass is 10.0. The second kappa shape index (κ2) is 5.35. The summed E-state index contributed by atoms with van der Waals surface area (Å²) in [6.07, 6.45) is 20.5. The molecule has 96 valence electrons. The zero-order chi connectivity index (χ0) is 13.1. The molecule has 1 atom stereocenters. The monoisotopic (exact) mass is 250 g/mol. The molecule has 2 aliphatic rings. The maximum absolute atomic E-state index is 4.63. The average molecular weight is 250 g/mol. The highest BCUT2D eigenvalue weighted by atomic mass is 14.9. The van der Waals surface area contributed by atoms with Crippen LogP contribution in [0.5, 0.6) is 0 Å². The zero-order valence-corrected chi connectivity index (χ0v) is 11.2. The number of fused-ring (bicyclic) bond motifs is 1. The summed E-state index contributed by atoms with van der Waals surface area (Å²) >= 11 is 0. The van der Waals surface area contributed by atoms with Crippen LogP contribution in [0.1, 0.15) is 30.8 Å². The van der Waals surface area contributed by atoms with E-state index in [4.69, 9.17) is 0 Å². The zero-order valence-electron chi connectivity index (χ0n) is 11.2. The molecule has 0 radical (unpaired) electrons. The maximum atomic E-state index is 4.63. The molecule has 3 rings (SSSR count). The van der Waals surface area contributed by atoms with Gasteiger partial charge in [-0.2, -0.15) is 0 Å². The van der Waals surface area contributed by atoms with Gasteiger partial charge in [-0.3, -0.25) is 0 Å². The molecular weight excluding hydrogens is 232 g/mol. The molecular formula is C17H18N2. The third-order valence-corrected chi connectivity index (χ3v) is 3.54. The van der Waals surface area contributed by atoms with Gasteiger partial charge >= 0.3 is 0 Å². The van der Waals surface area contributed by atoms with Gasteiger partial charge in [0.2, 0.25) is 0 Å². The molecule has 0 aliphatic heterocycles. The molecule has 19 heavy (non-hydrogen) atoms. The molecule has 0 amide bonds. The second-order valence-electron chi connectivity index (χ2n) is 5.02. The summed E-state index contributed by atoms with van der Waals surface area (Å²) in [6, 6.07) is 0. The lowest BCUT2D eigenvalue weighted by Crippen LogP contribution is -2.34. The number of hydrogen-bond donors (Lipinski definition) is 0. The molecule has 2 nitrogen and oxygen atoms in total. The predicted octanol–water partition coefficient (Wildman–Crippen LogP) is 2.29. The SMILES string of the molecule is Cc1nc(/C=C/C2C=CC=CC2)nc2c1=CCCC=2. The molecule has 0 N–H and O–H groups in total. The number of hydrogen-bond acceptors (Lipinski definition) is 2. The van der Waals surface area contributed by atoms with Crippen LogP contribution in [0.25, 0.3) is 18.2 Å². The van der Waals surface area contributed by atoms with Crippen molar-refractivity contribution in [2.24, 2.45) is 5.92 Å². The summed E-state index contributed by atoms with van der Waals surface area (Å²) in [4.78, 5) is 9.21. The van der Waals surface area contributed by atoms with Gasteiger partial charge in [0.1, 0.15) is 0 Å². The van der Waals surface area contributed by atoms with Gasteiger partial charge in [0, 0.05) is 10.9 Å². The highest BCUT2D eigenvalue weighted by molar-refractivity contribution is 5.44. The van der Waals surface area contributed by atoms with E-state index in [0.717, 1.165) is 36.1 Å². The molecule has 0 fully saturated rings. The van der Waals surface area contributed by atoms with Crippen LogP contribution >= 0.6 is 0 Å². The summed E-state index contributed by atoms with van der Waals surface area (Å²) in [6.45, 7) is 2.07. The van der Waals surface area contributed by atoms with E-state index < -0.39 is 0 Å². The Hall–Kier alpha value is -1.96. The van der Waals surface area contributed by atoms with Crippen molar-refractivity contribution in [1.29, 1.82) is 0 Å². The Morgan fingerprint density at radius 2 is 2.05 bits per heavy atom. The molecule has 2 aliphatic carbocycles. The van der Waals surface area contributed by atoms with E-state index in [1.54, 1.807) is 0 Å². The summed E-state index contributed by atoms with van der Waals surface area (Å²) in [5.41, 5.74) is 1.08. The van der Waals surface area contributed by atoms with Crippen molar-refractivity contribution in [3.63, 3.8) is 0 Å². The van der Waals surface area contributed by atoms with Crippen LogP contribution in [-0.2, 0) is 0 Å². The molecule has 0 aromatic carbocycles. The fourth-order valence-electron chi connectivity index (χ4n) is 2.51. The quantitative estimate of drug-likeness (QED) is 0.805. The van der Waals surface area contributed by atoms with Gasteiger partial charge in [0.05, 0.1) is 5.35 Å². The first-order chi connectivity index (χ1) is 9.33. The van der Waals surface area contributed by atoms with Crippen molar-refractivity contribution >= 4 is 18.2 Å². The summed E-state index contributed by atoms with van der Waals surface area (Å²) in [5.74, 6) is 1.30. The van der Waals surface area contributed by atoms with E-state index in [-0.39, 0.29) is 0 Å². The minimum atomic E-state index is 0.473. The fourth-order valence-corrected chi connectivity index (χ4v) is 2.51. The maximum Gasteiger partial charge on any atom is 0.152 e. The Balaban J connectivity index is 1.90. The van der Waals surface area contributed by atoms with E-state index in [2.05, 4.69) is 59.4 Å². The number of allylic oxidation sites excluding steroid dienone is 5. The van der Waals surface area contributed by atoms with Gasteiger partial charge in [-0.1, -0.05) is 42.5 Å². The van der Waals surface area contributed by atoms with Crippen molar-refractivity contribution in [3.8, 4) is 0 Å². The van der Waals surface area contributed by atoms with E-state index >= 15 is 0 Å². The smallest absolute Gasteiger partial charge is 0.152 e. The highest BCUT2D eigenvalue weighted by Crippen LogP contribution is 2.13. The minimum Gasteiger partial charge on any atom is -0.233 e. The average Bonchev–Trinajstić information content (AvgIpc) is 2.46. The predicted molar refractivity (Wildman–Crippen MR) is 79.6 cm³/mol. The molecule has 1 unspecified atom stereocenters. The highest BCUT2D eigenvalue weighted by Gasteiger charge is 2.03. The Morgan fingerprint density at radius 3 is 2.89 bits per heavy atom. The van der Waals surface area contributed by atoms with E-state index in [9.17, 15) is 0 Å². The third kappa shape index (κ3) is 2.73. The van der Waals surface area contributed by atoms with Crippen LogP contribution in [0.15, 0.2) is 30.4 Å². The van der Waals surface area contributed by atoms with E-state index in [1.165, 1.54) is 5.22 Å². The summed E-state index contributed by atoms with van der Waals surface area (Å²) in [5, 5.41) is 2.31. The van der Waals surface area contributed by atoms with Crippen molar-refractivity contribution in [3.05, 3.63) is 52.5 Å². The Labute approximate surface area is 113 Å². The first-order valence-electron chi connectivity index (χ1n) is 6.89. The van der Waals surface area contributed by atoms with Crippen molar-refractivity contribution < 1.29 is 0 Å². The van der Waals surface area contributed by atoms with Gasteiger partial charge in [-0.05, 0) is 38.2 Å². The summed E-state index contributed by atoms with van der Waals surface area (Å²) in [7, 11) is 0. The topological polar surface area (TPSA) is 25.8 Å². The van der Waals surface area contributed by atoms with Crippen molar-refractivity contribution in [2.45, 2.75) is 26.2 Å². The van der Waals surface area contributed by atoms with E-state index in [1.807, 2.05) is 6.08 Å². The van der Waals surface area contributed by atoms with Gasteiger partial charge in [0.25, 0.3) is 0 Å². The lowest BCUT2D eigenvalue weighted by molar-refractivity contribution is 0.824. The number of aromatic nitrogens is 2. The Bertz CT molecular complexity index is 678. The normalized spacial score (nSPS) is 21.0. The fraction of sp³-hybridized carbons (Fsp3) is 0.294. The van der Waals surface area contributed by atoms with Crippen LogP contribution in [0, 0.1) is 12.8 Å². The third-order valence-electron chi connectivity index (χ3n) is 3.54. The molecule has 0 bridgehead atoms. The first kappa shape index (κ1) is 12.1. The molecule has 0 saturated heterocycles. The summed E-state index contributed by atoms with van der Waals surface area (Å²) < 4.78 is 0. The van der Waals surface area contributed by atoms with E-state index in [0.29, 0.717) is 5.92 Å². The molecule has 2 heteroatoms. The number of nitrogens with zero attached hydrogens (tertiary/aromatic N) is 2. The number of rotatable bonds is 2. The largest absolute Gasteiger partial charge is 0.233 e. The second-order valence-corrected chi connectivity index (χ2v) is 5.02. The van der Waals surface area contributed by atoms with Gasteiger partial charge in [-0.15, -0.1) is 0 Å². The Kier molecular flexibility index (Phi) is 3.41. The van der Waals surface area contributed by atoms with Crippen LogP contribution in [0.2, 0.25) is 0 Å². The van der Waals surface area contributed by atoms with Crippen molar-refractivity contribution in [1.82, 2.24) is 9.97 Å². The molecule has 0 saturated carbocycles. The van der Waals surface area contributed by atoms with Crippen LogP contribution in [0.3, 0.4) is 0 Å². The first-order valence-corrected chi connectivity index (χ1v) is 6.89. The standard InChI is InChI=1S/C17H18N2/c1-13-15-9-5-6-10-16(15)19-17(18-13)12-11-14-7-3-2-4-8-14/h2-4,7,9-12,14H,5-6,8H2,1H3/b12-11+. The van der Waals surface area contributed by atoms with Crippen LogP contribution in [0.4, 0.5) is 0 Å². The van der Waals surface area contributed by atoms with Crippen LogP contribution in [-0.4, -0.2) is 9.97 Å². The molecule has 0 spiro atoms. The minimum absolute atomic E-state index is 0.473. The number of aryl methyl sites for hydroxylation is 1. The molecule has 1 aromatic heterocycles.